The van der Waals surface area contributed by atoms with Gasteiger partial charge in [0.25, 0.3) is 0 Å². The van der Waals surface area contributed by atoms with Crippen molar-refractivity contribution in [3.05, 3.63) is 48.7 Å². The molecule has 2 N–H and O–H groups in total. The fourth-order valence-electron chi connectivity index (χ4n) is 2.04. The highest BCUT2D eigenvalue weighted by molar-refractivity contribution is 5.18. The summed E-state index contributed by atoms with van der Waals surface area (Å²) in [4.78, 5) is 0. The van der Waals surface area contributed by atoms with Crippen molar-refractivity contribution < 1.29 is 0 Å². The first kappa shape index (κ1) is 11.2. The van der Waals surface area contributed by atoms with Crippen LogP contribution in [0.2, 0.25) is 0 Å². The third-order valence-corrected chi connectivity index (χ3v) is 2.99. The van der Waals surface area contributed by atoms with E-state index in [1.165, 1.54) is 6.42 Å². The van der Waals surface area contributed by atoms with E-state index in [0.717, 1.165) is 19.5 Å². The van der Waals surface area contributed by atoms with Gasteiger partial charge in [-0.2, -0.15) is 0 Å². The van der Waals surface area contributed by atoms with Crippen molar-refractivity contribution in [1.82, 2.24) is 10.6 Å². The quantitative estimate of drug-likeness (QED) is 0.648. The molecule has 86 valence electrons. The van der Waals surface area contributed by atoms with Crippen molar-refractivity contribution in [1.29, 1.82) is 0 Å². The van der Waals surface area contributed by atoms with Crippen LogP contribution in [-0.4, -0.2) is 19.1 Å². The Labute approximate surface area is 97.8 Å². The molecule has 0 aromatic carbocycles. The molecular weight excluding hydrogens is 196 g/mol. The monoisotopic (exact) mass is 216 g/mol. The second kappa shape index (κ2) is 6.33. The summed E-state index contributed by atoms with van der Waals surface area (Å²) in [6.45, 7) is 2.16. The van der Waals surface area contributed by atoms with Crippen molar-refractivity contribution in [3.63, 3.8) is 0 Å². The van der Waals surface area contributed by atoms with Crippen LogP contribution < -0.4 is 10.6 Å². The first-order chi connectivity index (χ1) is 7.97. The van der Waals surface area contributed by atoms with Gasteiger partial charge in [-0.3, -0.25) is 0 Å². The predicted octanol–water partition coefficient (Wildman–Crippen LogP) is 2.14. The van der Waals surface area contributed by atoms with Gasteiger partial charge in [0.1, 0.15) is 0 Å². The molecule has 1 aliphatic carbocycles. The molecule has 0 bridgehead atoms. The lowest BCUT2D eigenvalue weighted by Gasteiger charge is -2.25. The lowest BCUT2D eigenvalue weighted by Crippen LogP contribution is -2.37. The highest BCUT2D eigenvalue weighted by atomic mass is 14.9. The second-order valence-electron chi connectivity index (χ2n) is 4.26. The molecule has 0 radical (unpaired) electrons. The van der Waals surface area contributed by atoms with Gasteiger partial charge in [-0.05, 0) is 31.7 Å². The fraction of sp³-hybridized carbons (Fsp3) is 0.429. The van der Waals surface area contributed by atoms with E-state index in [9.17, 15) is 0 Å². The average molecular weight is 216 g/mol. The van der Waals surface area contributed by atoms with Crippen molar-refractivity contribution in [3.8, 4) is 0 Å². The Balaban J connectivity index is 1.99. The fourth-order valence-corrected chi connectivity index (χ4v) is 2.04. The first-order valence-corrected chi connectivity index (χ1v) is 6.10. The van der Waals surface area contributed by atoms with Crippen molar-refractivity contribution in [2.24, 2.45) is 5.92 Å². The van der Waals surface area contributed by atoms with Crippen molar-refractivity contribution in [2.75, 3.05) is 13.1 Å². The van der Waals surface area contributed by atoms with E-state index in [0.29, 0.717) is 12.0 Å². The smallest absolute Gasteiger partial charge is 0.0517 e. The maximum atomic E-state index is 3.52. The Hall–Kier alpha value is -1.28. The Bertz CT molecular complexity index is 313. The number of hydrogen-bond acceptors (Lipinski definition) is 2. The van der Waals surface area contributed by atoms with E-state index >= 15 is 0 Å². The summed E-state index contributed by atoms with van der Waals surface area (Å²) in [7, 11) is 0. The lowest BCUT2D eigenvalue weighted by molar-refractivity contribution is 0.473. The molecule has 16 heavy (non-hydrogen) atoms. The second-order valence-corrected chi connectivity index (χ2v) is 4.26. The number of rotatable bonds is 0. The van der Waals surface area contributed by atoms with Crippen LogP contribution >= 0.6 is 0 Å². The summed E-state index contributed by atoms with van der Waals surface area (Å²) in [5.74, 6) is 0.554. The van der Waals surface area contributed by atoms with Crippen LogP contribution in [0.3, 0.4) is 0 Å². The van der Waals surface area contributed by atoms with Gasteiger partial charge < -0.3 is 10.6 Å². The summed E-state index contributed by atoms with van der Waals surface area (Å²) in [6, 6.07) is 0.418. The summed E-state index contributed by atoms with van der Waals surface area (Å²) in [5.41, 5.74) is 0. The van der Waals surface area contributed by atoms with Crippen LogP contribution in [0.15, 0.2) is 48.7 Å². The molecule has 2 atom stereocenters. The molecule has 2 heteroatoms. The van der Waals surface area contributed by atoms with Gasteiger partial charge >= 0.3 is 0 Å². The molecule has 0 aromatic heterocycles. The van der Waals surface area contributed by atoms with Gasteiger partial charge in [-0.15, -0.1) is 0 Å². The molecule has 0 fully saturated rings. The van der Waals surface area contributed by atoms with Gasteiger partial charge in [0.15, 0.2) is 0 Å². The standard InChI is InChI=1S/C14H20N2/c1-2-6-10-15-12-13-8-4-5-9-14(13)16-11-7-3-1/h1,3-5,7-9,11,13-16H,2,6,10,12H2/b3-1+,11-7-. The third kappa shape index (κ3) is 3.38. The van der Waals surface area contributed by atoms with Crippen LogP contribution in [0, 0.1) is 5.92 Å². The number of fused-ring (bicyclic) bond motifs is 1. The molecule has 0 spiro atoms. The molecular formula is C14H20N2. The summed E-state index contributed by atoms with van der Waals surface area (Å²) < 4.78 is 0. The zero-order valence-corrected chi connectivity index (χ0v) is 9.60. The minimum absolute atomic E-state index is 0.418. The maximum Gasteiger partial charge on any atom is 0.0517 e. The lowest BCUT2D eigenvalue weighted by atomic mass is 9.95. The minimum atomic E-state index is 0.418. The topological polar surface area (TPSA) is 24.1 Å². The molecule has 2 rings (SSSR count). The van der Waals surface area contributed by atoms with Gasteiger partial charge in [0.2, 0.25) is 0 Å². The molecule has 2 unspecified atom stereocenters. The Morgan fingerprint density at radius 1 is 1.00 bits per heavy atom. The van der Waals surface area contributed by atoms with Crippen LogP contribution in [0.25, 0.3) is 0 Å². The number of allylic oxidation sites excluding steroid dienone is 5. The average Bonchev–Trinajstić information content (AvgIpc) is 2.30. The highest BCUT2D eigenvalue weighted by Crippen LogP contribution is 2.12. The van der Waals surface area contributed by atoms with E-state index in [-0.39, 0.29) is 0 Å². The van der Waals surface area contributed by atoms with E-state index in [1.54, 1.807) is 0 Å². The summed E-state index contributed by atoms with van der Waals surface area (Å²) >= 11 is 0. The summed E-state index contributed by atoms with van der Waals surface area (Å²) in [6.07, 6.45) is 19.6. The van der Waals surface area contributed by atoms with Crippen LogP contribution in [0.5, 0.6) is 0 Å². The van der Waals surface area contributed by atoms with Crippen LogP contribution in [0.4, 0.5) is 0 Å². The largest absolute Gasteiger partial charge is 0.384 e. The number of hydrogen-bond donors (Lipinski definition) is 2. The zero-order chi connectivity index (χ0) is 11.1. The molecule has 0 aromatic rings. The van der Waals surface area contributed by atoms with E-state index in [2.05, 4.69) is 53.2 Å². The zero-order valence-electron chi connectivity index (χ0n) is 9.60. The first-order valence-electron chi connectivity index (χ1n) is 6.10. The summed E-state index contributed by atoms with van der Waals surface area (Å²) in [5, 5.41) is 6.95. The Morgan fingerprint density at radius 3 is 2.94 bits per heavy atom. The molecule has 2 nitrogen and oxygen atoms in total. The molecule has 2 aliphatic rings. The van der Waals surface area contributed by atoms with Crippen LogP contribution in [0.1, 0.15) is 12.8 Å². The minimum Gasteiger partial charge on any atom is -0.384 e. The van der Waals surface area contributed by atoms with Crippen LogP contribution in [-0.2, 0) is 0 Å². The third-order valence-electron chi connectivity index (χ3n) is 2.99. The van der Waals surface area contributed by atoms with Crippen molar-refractivity contribution >= 4 is 0 Å². The molecule has 1 aliphatic heterocycles. The normalized spacial score (nSPS) is 34.0. The van der Waals surface area contributed by atoms with Crippen molar-refractivity contribution in [2.45, 2.75) is 18.9 Å². The molecule has 0 saturated heterocycles. The Kier molecular flexibility index (Phi) is 4.44. The molecule has 0 saturated carbocycles. The maximum absolute atomic E-state index is 3.52. The van der Waals surface area contributed by atoms with E-state index < -0.39 is 0 Å². The van der Waals surface area contributed by atoms with E-state index in [1.807, 2.05) is 6.20 Å². The Morgan fingerprint density at radius 2 is 1.94 bits per heavy atom. The highest BCUT2D eigenvalue weighted by Gasteiger charge is 2.16. The van der Waals surface area contributed by atoms with Gasteiger partial charge in [-0.25, -0.2) is 0 Å². The van der Waals surface area contributed by atoms with Gasteiger partial charge in [0.05, 0.1) is 6.04 Å². The van der Waals surface area contributed by atoms with Gasteiger partial charge in [0, 0.05) is 12.5 Å². The van der Waals surface area contributed by atoms with E-state index in [4.69, 9.17) is 0 Å². The number of nitrogens with one attached hydrogen (secondary N) is 2. The SMILES string of the molecule is C1=CC2CNCCC/C=C/C=C\NC2C=C1. The molecule has 1 heterocycles. The van der Waals surface area contributed by atoms with Gasteiger partial charge in [-0.1, -0.05) is 36.5 Å². The molecule has 0 amide bonds. The predicted molar refractivity (Wildman–Crippen MR) is 69.1 cm³/mol.